The van der Waals surface area contributed by atoms with Crippen molar-refractivity contribution >= 4 is 43.5 Å². The zero-order valence-electron chi connectivity index (χ0n) is 21.0. The molecule has 2 aromatic rings. The highest BCUT2D eigenvalue weighted by molar-refractivity contribution is 9.10. The van der Waals surface area contributed by atoms with E-state index in [1.165, 1.54) is 10.6 Å². The van der Waals surface area contributed by atoms with E-state index in [1.807, 2.05) is 50.2 Å². The lowest BCUT2D eigenvalue weighted by atomic mass is 10.1. The number of sulfonamides is 1. The minimum atomic E-state index is -3.51. The number of amides is 2. The molecule has 0 bridgehead atoms. The number of carbonyl (C=O) groups excluding carboxylic acids is 2. The Kier molecular flexibility index (Phi) is 11.2. The summed E-state index contributed by atoms with van der Waals surface area (Å²) in [4.78, 5) is 27.5. The van der Waals surface area contributed by atoms with Crippen LogP contribution < -0.4 is 9.62 Å². The summed E-state index contributed by atoms with van der Waals surface area (Å²) in [6.45, 7) is 6.74. The van der Waals surface area contributed by atoms with Crippen LogP contribution in [0.4, 0.5) is 5.69 Å². The normalized spacial score (nSPS) is 12.1. The standard InChI is InChI=1S/C26H36BrN3O4S/c1-5-16-28-26(32)20(3)29(19-22-9-7-10-23(27)18-22)25(31)11-8-17-30(35(4,33)34)24-14-12-21(6-2)13-15-24/h7,9-10,12-15,18,20H,5-6,8,11,16-17,19H2,1-4H3,(H,28,32)/t20-/m1/s1. The number of nitrogens with one attached hydrogen (secondary N) is 1. The number of carbonyl (C=O) groups is 2. The lowest BCUT2D eigenvalue weighted by molar-refractivity contribution is -0.140. The van der Waals surface area contributed by atoms with Crippen LogP contribution in [0.2, 0.25) is 0 Å². The first-order valence-electron chi connectivity index (χ1n) is 11.9. The number of aryl methyl sites for hydroxylation is 1. The molecule has 1 N–H and O–H groups in total. The van der Waals surface area contributed by atoms with Crippen LogP contribution >= 0.6 is 15.9 Å². The van der Waals surface area contributed by atoms with Gasteiger partial charge in [0, 0.05) is 30.5 Å². The number of rotatable bonds is 13. The molecule has 9 heteroatoms. The largest absolute Gasteiger partial charge is 0.354 e. The second kappa shape index (κ2) is 13.6. The molecule has 0 saturated carbocycles. The van der Waals surface area contributed by atoms with E-state index in [2.05, 4.69) is 21.2 Å². The summed E-state index contributed by atoms with van der Waals surface area (Å²) in [5.41, 5.74) is 2.60. The predicted octanol–water partition coefficient (Wildman–Crippen LogP) is 4.50. The summed E-state index contributed by atoms with van der Waals surface area (Å²) >= 11 is 3.45. The fourth-order valence-corrected chi connectivity index (χ4v) is 5.12. The van der Waals surface area contributed by atoms with E-state index in [0.717, 1.165) is 28.4 Å². The Morgan fingerprint density at radius 3 is 2.31 bits per heavy atom. The van der Waals surface area contributed by atoms with Gasteiger partial charge in [-0.15, -0.1) is 0 Å². The van der Waals surface area contributed by atoms with Crippen molar-refractivity contribution in [2.24, 2.45) is 0 Å². The summed E-state index contributed by atoms with van der Waals surface area (Å²) in [6, 6.07) is 14.4. The van der Waals surface area contributed by atoms with Crippen molar-refractivity contribution in [2.75, 3.05) is 23.7 Å². The maximum Gasteiger partial charge on any atom is 0.242 e. The van der Waals surface area contributed by atoms with Gasteiger partial charge in [0.05, 0.1) is 11.9 Å². The number of anilines is 1. The third kappa shape index (κ3) is 8.96. The smallest absolute Gasteiger partial charge is 0.242 e. The molecule has 2 aromatic carbocycles. The van der Waals surface area contributed by atoms with Crippen molar-refractivity contribution in [1.82, 2.24) is 10.2 Å². The minimum Gasteiger partial charge on any atom is -0.354 e. The monoisotopic (exact) mass is 565 g/mol. The molecule has 7 nitrogen and oxygen atoms in total. The highest BCUT2D eigenvalue weighted by atomic mass is 79.9. The van der Waals surface area contributed by atoms with Crippen LogP contribution in [-0.4, -0.2) is 50.5 Å². The molecule has 0 radical (unpaired) electrons. The summed E-state index contributed by atoms with van der Waals surface area (Å²) in [5, 5.41) is 2.86. The number of hydrogen-bond donors (Lipinski definition) is 1. The molecule has 2 amide bonds. The van der Waals surface area contributed by atoms with E-state index in [-0.39, 0.29) is 31.3 Å². The van der Waals surface area contributed by atoms with Crippen molar-refractivity contribution in [3.05, 3.63) is 64.1 Å². The van der Waals surface area contributed by atoms with Gasteiger partial charge < -0.3 is 10.2 Å². The topological polar surface area (TPSA) is 86.8 Å². The molecule has 1 atom stereocenters. The van der Waals surface area contributed by atoms with E-state index in [1.54, 1.807) is 24.0 Å². The molecule has 2 rings (SSSR count). The molecule has 0 saturated heterocycles. The Morgan fingerprint density at radius 2 is 1.74 bits per heavy atom. The molecule has 0 aliphatic carbocycles. The Hall–Kier alpha value is -2.39. The fourth-order valence-electron chi connectivity index (χ4n) is 3.71. The van der Waals surface area contributed by atoms with Gasteiger partial charge in [0.1, 0.15) is 6.04 Å². The van der Waals surface area contributed by atoms with Gasteiger partial charge >= 0.3 is 0 Å². The van der Waals surface area contributed by atoms with Crippen molar-refractivity contribution in [3.63, 3.8) is 0 Å². The Morgan fingerprint density at radius 1 is 1.06 bits per heavy atom. The Balaban J connectivity index is 2.14. The zero-order chi connectivity index (χ0) is 26.0. The van der Waals surface area contributed by atoms with Crippen LogP contribution in [-0.2, 0) is 32.6 Å². The number of halogens is 1. The molecular weight excluding hydrogens is 530 g/mol. The zero-order valence-corrected chi connectivity index (χ0v) is 23.4. The molecule has 0 spiro atoms. The SMILES string of the molecule is CCCNC(=O)[C@@H](C)N(Cc1cccc(Br)c1)C(=O)CCCN(c1ccc(CC)cc1)S(C)(=O)=O. The van der Waals surface area contributed by atoms with E-state index < -0.39 is 16.1 Å². The second-order valence-corrected chi connectivity index (χ2v) is 11.4. The Bertz CT molecular complexity index is 1090. The lowest BCUT2D eigenvalue weighted by Gasteiger charge is -2.29. The van der Waals surface area contributed by atoms with Crippen LogP contribution in [0, 0.1) is 0 Å². The molecule has 0 aromatic heterocycles. The van der Waals surface area contributed by atoms with Gasteiger partial charge in [-0.1, -0.05) is 54.0 Å². The van der Waals surface area contributed by atoms with Gasteiger partial charge in [-0.25, -0.2) is 8.42 Å². The number of benzene rings is 2. The maximum absolute atomic E-state index is 13.3. The van der Waals surface area contributed by atoms with Crippen LogP contribution in [0.3, 0.4) is 0 Å². The number of nitrogens with zero attached hydrogens (tertiary/aromatic N) is 2. The summed E-state index contributed by atoms with van der Waals surface area (Å²) in [7, 11) is -3.51. The van der Waals surface area contributed by atoms with E-state index in [9.17, 15) is 18.0 Å². The molecule has 192 valence electrons. The molecule has 0 fully saturated rings. The third-order valence-corrected chi connectivity index (χ3v) is 7.43. The maximum atomic E-state index is 13.3. The van der Waals surface area contributed by atoms with Crippen molar-refractivity contribution in [2.45, 2.75) is 59.0 Å². The first-order chi connectivity index (χ1) is 16.6. The molecule has 0 aliphatic heterocycles. The number of hydrogen-bond acceptors (Lipinski definition) is 4. The van der Waals surface area contributed by atoms with Crippen molar-refractivity contribution in [1.29, 1.82) is 0 Å². The van der Waals surface area contributed by atoms with Crippen molar-refractivity contribution in [3.8, 4) is 0 Å². The van der Waals surface area contributed by atoms with E-state index in [4.69, 9.17) is 0 Å². The molecule has 35 heavy (non-hydrogen) atoms. The average molecular weight is 567 g/mol. The lowest BCUT2D eigenvalue weighted by Crippen LogP contribution is -2.47. The molecular formula is C26H36BrN3O4S. The van der Waals surface area contributed by atoms with E-state index in [0.29, 0.717) is 18.7 Å². The van der Waals surface area contributed by atoms with Gasteiger partial charge in [0.15, 0.2) is 0 Å². The third-order valence-electron chi connectivity index (χ3n) is 5.74. The summed E-state index contributed by atoms with van der Waals surface area (Å²) < 4.78 is 27.1. The van der Waals surface area contributed by atoms with Crippen LogP contribution in [0.5, 0.6) is 0 Å². The van der Waals surface area contributed by atoms with Gasteiger partial charge in [-0.05, 0) is 61.6 Å². The van der Waals surface area contributed by atoms with Crippen LogP contribution in [0.15, 0.2) is 53.0 Å². The Labute approximate surface area is 218 Å². The van der Waals surface area contributed by atoms with E-state index >= 15 is 0 Å². The molecule has 0 aliphatic rings. The predicted molar refractivity (Wildman–Crippen MR) is 145 cm³/mol. The van der Waals surface area contributed by atoms with Crippen molar-refractivity contribution < 1.29 is 18.0 Å². The van der Waals surface area contributed by atoms with Gasteiger partial charge in [0.2, 0.25) is 21.8 Å². The van der Waals surface area contributed by atoms with Crippen LogP contribution in [0.25, 0.3) is 0 Å². The minimum absolute atomic E-state index is 0.123. The van der Waals surface area contributed by atoms with Crippen LogP contribution in [0.1, 0.15) is 51.2 Å². The van der Waals surface area contributed by atoms with Gasteiger partial charge in [-0.3, -0.25) is 13.9 Å². The quantitative estimate of drug-likeness (QED) is 0.387. The summed E-state index contributed by atoms with van der Waals surface area (Å²) in [6.07, 6.45) is 3.30. The van der Waals surface area contributed by atoms with Gasteiger partial charge in [0.25, 0.3) is 0 Å². The summed E-state index contributed by atoms with van der Waals surface area (Å²) in [5.74, 6) is -0.400. The first kappa shape index (κ1) is 28.8. The van der Waals surface area contributed by atoms with Gasteiger partial charge in [-0.2, -0.15) is 0 Å². The highest BCUT2D eigenvalue weighted by Gasteiger charge is 2.26. The second-order valence-electron chi connectivity index (χ2n) is 8.58. The fraction of sp³-hybridized carbons (Fsp3) is 0.462. The molecule has 0 unspecified atom stereocenters. The molecule has 0 heterocycles. The first-order valence-corrected chi connectivity index (χ1v) is 14.6. The average Bonchev–Trinajstić information content (AvgIpc) is 2.82. The highest BCUT2D eigenvalue weighted by Crippen LogP contribution is 2.21.